The van der Waals surface area contributed by atoms with E-state index in [4.69, 9.17) is 94.7 Å². The Morgan fingerprint density at radius 2 is 0.330 bits per heavy atom. The van der Waals surface area contributed by atoms with Gasteiger partial charge >= 0.3 is 0 Å². The second-order valence-corrected chi connectivity index (χ2v) is 22.8. The van der Waals surface area contributed by atoms with Crippen LogP contribution in [-0.2, 0) is 56.8 Å². The SMILES string of the molecule is C(#Cc1cc(C#Cc2ccc3c(c2)OCCOCCOCCOCCO3)c2ccc3c(C#Cc4ccc5c(c4)OCCOCCOCCOCCO5)cc(C#Cc4ccc5c(c4)OCCOCCOCCOCCO5)c4ccc1c2c43)c1ccc2c(c1)OCCOCCOCCOCCO2. The summed E-state index contributed by atoms with van der Waals surface area (Å²) in [7, 11) is 0. The predicted molar refractivity (Wildman–Crippen MR) is 374 cm³/mol. The molecule has 0 amide bonds. The number of ether oxygens (including phenoxy) is 20. The van der Waals surface area contributed by atoms with Gasteiger partial charge in [0.15, 0.2) is 46.0 Å². The van der Waals surface area contributed by atoms with Gasteiger partial charge < -0.3 is 94.7 Å². The van der Waals surface area contributed by atoms with E-state index in [-0.39, 0.29) is 0 Å². The van der Waals surface area contributed by atoms with Gasteiger partial charge in [-0.3, -0.25) is 0 Å². The first-order valence-electron chi connectivity index (χ1n) is 34.0. The Kier molecular flexibility index (Phi) is 27.7. The van der Waals surface area contributed by atoms with Gasteiger partial charge in [0.25, 0.3) is 0 Å². The highest BCUT2D eigenvalue weighted by molar-refractivity contribution is 6.26. The molecule has 0 atom stereocenters. The van der Waals surface area contributed by atoms with E-state index in [0.29, 0.717) is 280 Å². The number of benzene rings is 8. The fourth-order valence-corrected chi connectivity index (χ4v) is 11.1. The molecule has 0 spiro atoms. The molecule has 20 nitrogen and oxygen atoms in total. The molecule has 0 bridgehead atoms. The third-order valence-electron chi connectivity index (χ3n) is 15.9. The van der Waals surface area contributed by atoms with Crippen molar-refractivity contribution in [3.63, 3.8) is 0 Å². The van der Waals surface area contributed by atoms with Gasteiger partial charge in [0, 0.05) is 44.5 Å². The predicted octanol–water partition coefficient (Wildman–Crippen LogP) is 9.47. The van der Waals surface area contributed by atoms with Crippen molar-refractivity contribution in [2.45, 2.75) is 0 Å². The van der Waals surface area contributed by atoms with E-state index in [1.807, 2.05) is 72.8 Å². The molecule has 8 aromatic rings. The van der Waals surface area contributed by atoms with Crippen LogP contribution in [0.25, 0.3) is 32.3 Å². The summed E-state index contributed by atoms with van der Waals surface area (Å²) in [5, 5.41) is 5.47. The van der Waals surface area contributed by atoms with Gasteiger partial charge in [-0.2, -0.15) is 0 Å². The van der Waals surface area contributed by atoms with E-state index >= 15 is 0 Å². The Bertz CT molecular complexity index is 3690. The highest BCUT2D eigenvalue weighted by atomic mass is 16.6. The second kappa shape index (κ2) is 39.1. The molecule has 4 heterocycles. The summed E-state index contributed by atoms with van der Waals surface area (Å²) in [6, 6.07) is 35.4. The first-order chi connectivity index (χ1) is 49.7. The molecule has 0 aromatic heterocycles. The van der Waals surface area contributed by atoms with Crippen LogP contribution in [0, 0.1) is 47.4 Å². The number of hydrogen-bond donors (Lipinski definition) is 0. The smallest absolute Gasteiger partial charge is 0.162 e. The Morgan fingerprint density at radius 3 is 0.520 bits per heavy atom. The van der Waals surface area contributed by atoms with Crippen LogP contribution in [0.1, 0.15) is 44.5 Å². The van der Waals surface area contributed by atoms with Crippen LogP contribution < -0.4 is 37.9 Å². The maximum Gasteiger partial charge on any atom is 0.162 e. The van der Waals surface area contributed by atoms with Gasteiger partial charge in [-0.15, -0.1) is 0 Å². The molecule has 0 saturated carbocycles. The fourth-order valence-electron chi connectivity index (χ4n) is 11.1. The van der Waals surface area contributed by atoms with Crippen molar-refractivity contribution in [3.8, 4) is 93.4 Å². The monoisotopic (exact) mass is 1360 g/mol. The van der Waals surface area contributed by atoms with Crippen molar-refractivity contribution in [3.05, 3.63) is 154 Å². The van der Waals surface area contributed by atoms with E-state index in [2.05, 4.69) is 83.8 Å². The normalized spacial score (nSPS) is 17.6. The summed E-state index contributed by atoms with van der Waals surface area (Å²) in [4.78, 5) is 0. The van der Waals surface area contributed by atoms with E-state index in [1.165, 1.54) is 0 Å². The minimum Gasteiger partial charge on any atom is -0.487 e. The Morgan fingerprint density at radius 1 is 0.160 bits per heavy atom. The van der Waals surface area contributed by atoms with E-state index in [9.17, 15) is 0 Å². The van der Waals surface area contributed by atoms with Crippen molar-refractivity contribution in [2.24, 2.45) is 0 Å². The standard InChI is InChI=1S/C80H82O20/c1(59-5-17-71-75(53-59)97-49-41-89-33-25-81-21-29-85-37-45-93-71)9-63-57-64(10-2-60-6-18-72-76(54-60)98-50-42-90-34-26-82-22-30-86-38-46-94-72)68-15-16-70-66(12-4-62-8-20-74-78(56-62)100-52-44-92-36-28-84-24-32-88-40-48-96-74)58-65(69-14-13-67(63)79(68)80(69)70)11-3-61-7-19-73-77(55-61)99-51-43-91-35-27-83-23-31-87-39-47-95-73/h5-8,13-20,53-58H,21-52H2. The van der Waals surface area contributed by atoms with Gasteiger partial charge in [0.05, 0.1) is 159 Å². The van der Waals surface area contributed by atoms with Crippen molar-refractivity contribution in [1.82, 2.24) is 0 Å². The lowest BCUT2D eigenvalue weighted by molar-refractivity contribution is 0.00708. The molecule has 522 valence electrons. The molecule has 0 radical (unpaired) electrons. The molecule has 0 unspecified atom stereocenters. The Labute approximate surface area is 583 Å². The molecule has 12 rings (SSSR count). The summed E-state index contributed by atoms with van der Waals surface area (Å²) in [6.07, 6.45) is 0. The highest BCUT2D eigenvalue weighted by Gasteiger charge is 2.20. The fraction of sp³-hybridized carbons (Fsp3) is 0.400. The molecular weight excluding hydrogens is 1280 g/mol. The maximum absolute atomic E-state index is 6.30. The largest absolute Gasteiger partial charge is 0.487 e. The lowest BCUT2D eigenvalue weighted by Crippen LogP contribution is -2.13. The summed E-state index contributed by atoms with van der Waals surface area (Å²) in [5.41, 5.74) is 5.76. The molecule has 4 aliphatic rings. The number of rotatable bonds is 0. The van der Waals surface area contributed by atoms with Gasteiger partial charge in [-0.05, 0) is 117 Å². The molecule has 0 aliphatic carbocycles. The average molecular weight is 1360 g/mol. The summed E-state index contributed by atoms with van der Waals surface area (Å²) >= 11 is 0. The Hall–Kier alpha value is -9.04. The molecule has 8 aromatic carbocycles. The van der Waals surface area contributed by atoms with Crippen molar-refractivity contribution in [1.29, 1.82) is 0 Å². The van der Waals surface area contributed by atoms with Crippen LogP contribution in [-0.4, -0.2) is 211 Å². The first-order valence-corrected chi connectivity index (χ1v) is 34.0. The Balaban J connectivity index is 0.986. The maximum atomic E-state index is 6.30. The number of hydrogen-bond acceptors (Lipinski definition) is 20. The van der Waals surface area contributed by atoms with Gasteiger partial charge in [0.1, 0.15) is 52.9 Å². The molecule has 4 aliphatic heterocycles. The molecule has 20 heteroatoms. The topological polar surface area (TPSA) is 185 Å². The van der Waals surface area contributed by atoms with E-state index in [1.54, 1.807) is 0 Å². The highest BCUT2D eigenvalue weighted by Crippen LogP contribution is 2.41. The third kappa shape index (κ3) is 21.0. The summed E-state index contributed by atoms with van der Waals surface area (Å²) < 4.78 is 119. The lowest BCUT2D eigenvalue weighted by Gasteiger charge is -2.16. The zero-order valence-electron chi connectivity index (χ0n) is 56.2. The minimum atomic E-state index is 0.293. The molecule has 0 saturated heterocycles. The van der Waals surface area contributed by atoms with E-state index < -0.39 is 0 Å². The average Bonchev–Trinajstić information content (AvgIpc) is 0.720. The van der Waals surface area contributed by atoms with Crippen molar-refractivity contribution >= 4 is 32.3 Å². The molecule has 0 N–H and O–H groups in total. The quantitative estimate of drug-likeness (QED) is 0.103. The zero-order valence-corrected chi connectivity index (χ0v) is 56.2. The lowest BCUT2D eigenvalue weighted by atomic mass is 9.86. The van der Waals surface area contributed by atoms with Gasteiger partial charge in [0.2, 0.25) is 0 Å². The van der Waals surface area contributed by atoms with E-state index in [0.717, 1.165) is 54.6 Å². The minimum absolute atomic E-state index is 0.293. The van der Waals surface area contributed by atoms with Gasteiger partial charge in [-0.25, -0.2) is 0 Å². The second-order valence-electron chi connectivity index (χ2n) is 22.8. The molecule has 0 fully saturated rings. The summed E-state index contributed by atoms with van der Waals surface area (Å²) in [5.74, 6) is 32.7. The van der Waals surface area contributed by atoms with Crippen LogP contribution in [0.2, 0.25) is 0 Å². The molecule has 100 heavy (non-hydrogen) atoms. The van der Waals surface area contributed by atoms with Crippen LogP contribution in [0.3, 0.4) is 0 Å². The molecular formula is C80H82O20. The van der Waals surface area contributed by atoms with Crippen LogP contribution in [0.5, 0.6) is 46.0 Å². The summed E-state index contributed by atoms with van der Waals surface area (Å²) in [6.45, 7) is 12.7. The zero-order chi connectivity index (χ0) is 67.9. The van der Waals surface area contributed by atoms with Crippen molar-refractivity contribution < 1.29 is 94.7 Å². The van der Waals surface area contributed by atoms with Crippen molar-refractivity contribution in [2.75, 3.05) is 211 Å². The number of fused-ring (bicyclic) bond motifs is 4. The van der Waals surface area contributed by atoms with Gasteiger partial charge in [-0.1, -0.05) is 71.6 Å². The van der Waals surface area contributed by atoms with Crippen LogP contribution in [0.4, 0.5) is 0 Å². The van der Waals surface area contributed by atoms with Crippen LogP contribution >= 0.6 is 0 Å². The third-order valence-corrected chi connectivity index (χ3v) is 15.9. The first kappa shape index (κ1) is 70.8. The van der Waals surface area contributed by atoms with Crippen LogP contribution in [0.15, 0.2) is 109 Å².